The van der Waals surface area contributed by atoms with E-state index >= 15 is 0 Å². The van der Waals surface area contributed by atoms with Gasteiger partial charge in [0.2, 0.25) is 6.41 Å². The van der Waals surface area contributed by atoms with Crippen LogP contribution in [-0.2, 0) is 4.79 Å². The van der Waals surface area contributed by atoms with Gasteiger partial charge in [-0.1, -0.05) is 18.2 Å². The van der Waals surface area contributed by atoms with Gasteiger partial charge in [0.15, 0.2) is 0 Å². The van der Waals surface area contributed by atoms with Gasteiger partial charge in [0, 0.05) is 0 Å². The molecule has 0 saturated carbocycles. The van der Waals surface area contributed by atoms with Gasteiger partial charge in [0.05, 0.1) is 11.4 Å². The van der Waals surface area contributed by atoms with Crippen molar-refractivity contribution >= 4 is 17.8 Å². The number of carbonyl (C=O) groups is 1. The topological polar surface area (TPSA) is 55.1 Å². The van der Waals surface area contributed by atoms with Crippen LogP contribution in [-0.4, -0.2) is 6.41 Å². The Morgan fingerprint density at radius 1 is 1.46 bits per heavy atom. The van der Waals surface area contributed by atoms with E-state index < -0.39 is 0 Å². The summed E-state index contributed by atoms with van der Waals surface area (Å²) in [6.45, 7) is 5.25. The van der Waals surface area contributed by atoms with Crippen LogP contribution < -0.4 is 11.1 Å². The van der Waals surface area contributed by atoms with E-state index in [1.165, 1.54) is 0 Å². The minimum Gasteiger partial charge on any atom is -0.397 e. The molecule has 1 amide bonds. The fraction of sp³-hybridized carbons (Fsp3) is 0.100. The number of benzene rings is 1. The third kappa shape index (κ3) is 4.63. The van der Waals surface area contributed by atoms with Crippen LogP contribution in [0.3, 0.4) is 0 Å². The number of nitrogens with one attached hydrogen (secondary N) is 1. The number of hydrogen-bond acceptors (Lipinski definition) is 2. The first kappa shape index (κ1) is 11.2. The highest BCUT2D eigenvalue weighted by Gasteiger charge is 1.91. The average Bonchev–Trinajstić information content (AvgIpc) is 2.11. The molecule has 1 aromatic rings. The Balaban J connectivity index is 0.000000424. The summed E-state index contributed by atoms with van der Waals surface area (Å²) in [6.07, 6.45) is 2.35. The number of amides is 1. The highest BCUT2D eigenvalue weighted by atomic mass is 16.1. The van der Waals surface area contributed by atoms with Crippen molar-refractivity contribution in [3.63, 3.8) is 0 Å². The zero-order chi connectivity index (χ0) is 10.1. The van der Waals surface area contributed by atoms with Crippen molar-refractivity contribution in [2.45, 2.75) is 6.92 Å². The summed E-state index contributed by atoms with van der Waals surface area (Å²) in [5.41, 5.74) is 6.71. The van der Waals surface area contributed by atoms with Crippen LogP contribution in [0.25, 0.3) is 0 Å². The molecule has 0 saturated heterocycles. The van der Waals surface area contributed by atoms with Gasteiger partial charge >= 0.3 is 0 Å². The summed E-state index contributed by atoms with van der Waals surface area (Å²) in [5.74, 6) is 0. The first-order chi connectivity index (χ1) is 6.26. The Labute approximate surface area is 78.3 Å². The number of nitrogens with two attached hydrogens (primary N) is 1. The number of hydrogen-bond donors (Lipinski definition) is 2. The lowest BCUT2D eigenvalue weighted by molar-refractivity contribution is -0.105. The Hall–Kier alpha value is -1.77. The fourth-order valence-electron chi connectivity index (χ4n) is 0.692. The van der Waals surface area contributed by atoms with Crippen LogP contribution >= 0.6 is 0 Å². The lowest BCUT2D eigenvalue weighted by atomic mass is 10.3. The van der Waals surface area contributed by atoms with E-state index in [0.29, 0.717) is 17.8 Å². The summed E-state index contributed by atoms with van der Waals surface area (Å²) < 4.78 is 0. The van der Waals surface area contributed by atoms with Gasteiger partial charge in [-0.15, -0.1) is 6.58 Å². The Kier molecular flexibility index (Phi) is 5.97. The molecule has 0 heterocycles. The number of para-hydroxylation sites is 2. The molecule has 13 heavy (non-hydrogen) atoms. The van der Waals surface area contributed by atoms with Crippen molar-refractivity contribution in [2.24, 2.45) is 0 Å². The van der Waals surface area contributed by atoms with Gasteiger partial charge in [0.1, 0.15) is 0 Å². The molecule has 0 atom stereocenters. The van der Waals surface area contributed by atoms with Crippen molar-refractivity contribution < 1.29 is 4.79 Å². The normalized spacial score (nSPS) is 7.77. The smallest absolute Gasteiger partial charge is 0.211 e. The van der Waals surface area contributed by atoms with Crippen LogP contribution in [0.2, 0.25) is 0 Å². The molecular weight excluding hydrogens is 164 g/mol. The summed E-state index contributed by atoms with van der Waals surface area (Å²) in [4.78, 5) is 9.96. The molecule has 0 aliphatic rings. The minimum atomic E-state index is 0.578. The van der Waals surface area contributed by atoms with E-state index in [1.807, 2.05) is 19.1 Å². The van der Waals surface area contributed by atoms with Crippen molar-refractivity contribution in [3.8, 4) is 0 Å². The lowest BCUT2D eigenvalue weighted by Gasteiger charge is -2.00. The molecule has 0 unspecified atom stereocenters. The third-order valence-corrected chi connectivity index (χ3v) is 1.18. The largest absolute Gasteiger partial charge is 0.397 e. The average molecular weight is 178 g/mol. The monoisotopic (exact) mass is 178 g/mol. The minimum absolute atomic E-state index is 0.578. The van der Waals surface area contributed by atoms with Gasteiger partial charge in [-0.3, -0.25) is 4.79 Å². The zero-order valence-corrected chi connectivity index (χ0v) is 7.66. The number of rotatable bonds is 2. The predicted octanol–water partition coefficient (Wildman–Crippen LogP) is 2.03. The van der Waals surface area contributed by atoms with Gasteiger partial charge < -0.3 is 11.1 Å². The lowest BCUT2D eigenvalue weighted by Crippen LogP contribution is -1.97. The van der Waals surface area contributed by atoms with Crippen LogP contribution in [0.15, 0.2) is 36.9 Å². The van der Waals surface area contributed by atoms with Gasteiger partial charge in [-0.05, 0) is 19.1 Å². The first-order valence-electron chi connectivity index (χ1n) is 3.88. The Morgan fingerprint density at radius 3 is 2.46 bits per heavy atom. The van der Waals surface area contributed by atoms with Crippen molar-refractivity contribution in [3.05, 3.63) is 36.9 Å². The van der Waals surface area contributed by atoms with Crippen LogP contribution in [0.5, 0.6) is 0 Å². The maximum absolute atomic E-state index is 9.96. The molecule has 0 aliphatic heterocycles. The van der Waals surface area contributed by atoms with Gasteiger partial charge in [0.25, 0.3) is 0 Å². The molecule has 0 aliphatic carbocycles. The van der Waals surface area contributed by atoms with Gasteiger partial charge in [-0.2, -0.15) is 0 Å². The molecule has 1 aromatic carbocycles. The first-order valence-corrected chi connectivity index (χ1v) is 3.88. The molecule has 3 nitrogen and oxygen atoms in total. The SMILES string of the molecule is C=CC.Nc1ccccc1NC=O. The summed E-state index contributed by atoms with van der Waals surface area (Å²) in [7, 11) is 0. The molecule has 3 heteroatoms. The number of anilines is 2. The summed E-state index contributed by atoms with van der Waals surface area (Å²) >= 11 is 0. The molecule has 3 N–H and O–H groups in total. The van der Waals surface area contributed by atoms with E-state index in [1.54, 1.807) is 18.2 Å². The highest BCUT2D eigenvalue weighted by Crippen LogP contribution is 2.14. The second-order valence-electron chi connectivity index (χ2n) is 2.26. The molecule has 1 rings (SSSR count). The van der Waals surface area contributed by atoms with Crippen molar-refractivity contribution in [1.29, 1.82) is 0 Å². The van der Waals surface area contributed by atoms with E-state index in [-0.39, 0.29) is 0 Å². The molecule has 0 bridgehead atoms. The van der Waals surface area contributed by atoms with E-state index in [9.17, 15) is 4.79 Å². The van der Waals surface area contributed by atoms with E-state index in [0.717, 1.165) is 0 Å². The molecule has 0 radical (unpaired) electrons. The molecular formula is C10H14N2O. The van der Waals surface area contributed by atoms with Crippen LogP contribution in [0.4, 0.5) is 11.4 Å². The fourth-order valence-corrected chi connectivity index (χ4v) is 0.692. The quantitative estimate of drug-likeness (QED) is 0.413. The van der Waals surface area contributed by atoms with E-state index in [4.69, 9.17) is 5.73 Å². The van der Waals surface area contributed by atoms with Crippen LogP contribution in [0.1, 0.15) is 6.92 Å². The van der Waals surface area contributed by atoms with E-state index in [2.05, 4.69) is 11.9 Å². The maximum atomic E-state index is 9.96. The standard InChI is InChI=1S/C7H8N2O.C3H6/c8-6-3-1-2-4-7(6)9-5-10;1-3-2/h1-5H,8H2,(H,9,10);3H,1H2,2H3. The van der Waals surface area contributed by atoms with Crippen molar-refractivity contribution in [2.75, 3.05) is 11.1 Å². The molecule has 0 aromatic heterocycles. The summed E-state index contributed by atoms with van der Waals surface area (Å²) in [6, 6.07) is 7.09. The third-order valence-electron chi connectivity index (χ3n) is 1.18. The zero-order valence-electron chi connectivity index (χ0n) is 7.66. The highest BCUT2D eigenvalue weighted by molar-refractivity contribution is 5.79. The Morgan fingerprint density at radius 2 is 2.00 bits per heavy atom. The number of carbonyl (C=O) groups excluding carboxylic acids is 1. The van der Waals surface area contributed by atoms with Crippen molar-refractivity contribution in [1.82, 2.24) is 0 Å². The predicted molar refractivity (Wildman–Crippen MR) is 56.4 cm³/mol. The second kappa shape index (κ2) is 6.91. The second-order valence-corrected chi connectivity index (χ2v) is 2.26. The summed E-state index contributed by atoms with van der Waals surface area (Å²) in [5, 5.41) is 2.47. The maximum Gasteiger partial charge on any atom is 0.211 e. The molecule has 0 spiro atoms. The van der Waals surface area contributed by atoms with Gasteiger partial charge in [-0.25, -0.2) is 0 Å². The number of nitrogen functional groups attached to an aromatic ring is 1. The molecule has 0 fully saturated rings. The van der Waals surface area contributed by atoms with Crippen LogP contribution in [0, 0.1) is 0 Å². The Bertz CT molecular complexity index is 271. The number of allylic oxidation sites excluding steroid dienone is 1. The molecule has 70 valence electrons.